The van der Waals surface area contributed by atoms with Gasteiger partial charge in [-0.05, 0) is 53.4 Å². The van der Waals surface area contributed by atoms with Gasteiger partial charge in [-0.1, -0.05) is 102 Å². The van der Waals surface area contributed by atoms with Crippen LogP contribution in [0.1, 0.15) is 59.1 Å². The minimum absolute atomic E-state index is 0.0320. The number of phosphoric ester groups is 1. The summed E-state index contributed by atoms with van der Waals surface area (Å²) in [6, 6.07) is 18.5. The summed E-state index contributed by atoms with van der Waals surface area (Å²) in [7, 11) is -2.62. The molecule has 16 nitrogen and oxygen atoms in total. The van der Waals surface area contributed by atoms with E-state index in [0.29, 0.717) is 0 Å². The predicted octanol–water partition coefficient (Wildman–Crippen LogP) is 4.89. The largest absolute Gasteiger partial charge is 0.471 e. The van der Waals surface area contributed by atoms with E-state index in [-0.39, 0.29) is 19.3 Å². The highest BCUT2D eigenvalue weighted by Crippen LogP contribution is 2.36. The zero-order valence-electron chi connectivity index (χ0n) is 33.7. The van der Waals surface area contributed by atoms with Gasteiger partial charge in [0.15, 0.2) is 6.79 Å². The number of nitrogens with one attached hydrogen (secondary N) is 4. The van der Waals surface area contributed by atoms with E-state index in [9.17, 15) is 33.5 Å². The van der Waals surface area contributed by atoms with Crippen LogP contribution in [0, 0.1) is 10.8 Å². The molecule has 17 heteroatoms. The van der Waals surface area contributed by atoms with Crippen molar-refractivity contribution in [2.75, 3.05) is 21.0 Å². The quantitative estimate of drug-likeness (QED) is 0.0747. The molecule has 1 aromatic heterocycles. The molecule has 6 N–H and O–H groups in total. The van der Waals surface area contributed by atoms with Crippen LogP contribution in [0.2, 0.25) is 0 Å². The molecule has 0 aliphatic heterocycles. The molecule has 312 valence electrons. The van der Waals surface area contributed by atoms with Gasteiger partial charge in [0.1, 0.15) is 12.1 Å². The van der Waals surface area contributed by atoms with E-state index < -0.39 is 79.7 Å². The highest BCUT2D eigenvalue weighted by Gasteiger charge is 2.38. The number of carbonyl (C=O) groups is 4. The van der Waals surface area contributed by atoms with Crippen molar-refractivity contribution in [1.82, 2.24) is 26.3 Å². The lowest BCUT2D eigenvalue weighted by molar-refractivity contribution is -0.130. The maximum absolute atomic E-state index is 14.1. The second kappa shape index (κ2) is 21.1. The van der Waals surface area contributed by atoms with Crippen LogP contribution in [0.15, 0.2) is 79.0 Å². The van der Waals surface area contributed by atoms with Gasteiger partial charge in [-0.15, -0.1) is 0 Å². The van der Waals surface area contributed by atoms with Crippen LogP contribution in [-0.4, -0.2) is 90.1 Å². The number of hydrogen-bond acceptors (Lipinski definition) is 10. The highest BCUT2D eigenvalue weighted by molar-refractivity contribution is 7.46. The maximum atomic E-state index is 14.1. The van der Waals surface area contributed by atoms with Crippen molar-refractivity contribution >= 4 is 31.8 Å². The minimum atomic E-state index is -4.99. The summed E-state index contributed by atoms with van der Waals surface area (Å²) in [6.07, 6.45) is -0.645. The van der Waals surface area contributed by atoms with Gasteiger partial charge in [0.25, 0.3) is 0 Å². The maximum Gasteiger partial charge on any atom is 0.471 e. The SMILES string of the molecule is COC(=O)N[C@H](C(=O)N[C@@H](Cc1ccc(-c2ccccn2)cc1)C[C@H](OCOP(=O)(O)O)[C@H](Cc1ccccc1)NC(=O)[C@@H](NC(=O)OC)C(C)(C)C)C(C)(C)C. The van der Waals surface area contributed by atoms with Gasteiger partial charge in [-0.2, -0.15) is 0 Å². The van der Waals surface area contributed by atoms with Crippen molar-refractivity contribution in [3.8, 4) is 11.3 Å². The summed E-state index contributed by atoms with van der Waals surface area (Å²) in [4.78, 5) is 76.4. The molecule has 3 rings (SSSR count). The topological polar surface area (TPSA) is 224 Å². The first kappa shape index (κ1) is 46.5. The number of ether oxygens (including phenoxy) is 3. The van der Waals surface area contributed by atoms with E-state index >= 15 is 0 Å². The van der Waals surface area contributed by atoms with E-state index in [1.165, 1.54) is 14.2 Å². The normalized spacial score (nSPS) is 14.6. The number of phosphoric acid groups is 1. The van der Waals surface area contributed by atoms with Gasteiger partial charge in [0.2, 0.25) is 11.8 Å². The molecule has 0 saturated carbocycles. The Kier molecular flexibility index (Phi) is 17.2. The van der Waals surface area contributed by atoms with E-state index in [2.05, 4.69) is 26.3 Å². The summed E-state index contributed by atoms with van der Waals surface area (Å²) in [5, 5.41) is 11.3. The first-order chi connectivity index (χ1) is 26.7. The molecule has 0 aliphatic carbocycles. The van der Waals surface area contributed by atoms with Crippen LogP contribution in [0.25, 0.3) is 11.3 Å². The summed E-state index contributed by atoms with van der Waals surface area (Å²) in [5.74, 6) is -1.12. The first-order valence-electron chi connectivity index (χ1n) is 18.4. The zero-order chi connectivity index (χ0) is 42.4. The van der Waals surface area contributed by atoms with Crippen LogP contribution in [0.4, 0.5) is 9.59 Å². The molecule has 0 bridgehead atoms. The summed E-state index contributed by atoms with van der Waals surface area (Å²) in [5.41, 5.74) is 1.66. The summed E-state index contributed by atoms with van der Waals surface area (Å²) in [6.45, 7) is 9.77. The third-order valence-corrected chi connectivity index (χ3v) is 9.43. The van der Waals surface area contributed by atoms with E-state index in [1.807, 2.05) is 72.8 Å². The number of carbonyl (C=O) groups excluding carboxylic acids is 4. The molecule has 0 radical (unpaired) electrons. The Hall–Kier alpha value is -4.86. The average molecular weight is 814 g/mol. The number of amides is 4. The molecule has 4 amide bonds. The van der Waals surface area contributed by atoms with Gasteiger partial charge < -0.3 is 45.3 Å². The third-order valence-electron chi connectivity index (χ3n) is 8.99. The molecule has 0 aliphatic rings. The Morgan fingerprint density at radius 3 is 1.72 bits per heavy atom. The Balaban J connectivity index is 2.11. The lowest BCUT2D eigenvalue weighted by Gasteiger charge is -2.36. The van der Waals surface area contributed by atoms with Gasteiger partial charge in [-0.25, -0.2) is 14.2 Å². The number of pyridine rings is 1. The standard InChI is InChI=1S/C40H56N5O11P/c1-39(2,3)33(44-37(48)53-7)35(46)42-29(22-27-17-19-28(20-18-27)30-16-12-13-21-41-30)24-32(55-25-56-57(50,51)52)31(23-26-14-10-9-11-15-26)43-36(47)34(40(4,5)6)45-38(49)54-8/h9-21,29,31-34H,22-25H2,1-8H3,(H,42,46)(H,43,47)(H,44,48)(H,45,49)(H2,50,51,52)/t29-,31-,32-,33+,34+/m0/s1. The van der Waals surface area contributed by atoms with Crippen molar-refractivity contribution in [3.05, 3.63) is 90.1 Å². The fraction of sp³-hybridized carbons (Fsp3) is 0.475. The second-order valence-electron chi connectivity index (χ2n) is 15.7. The van der Waals surface area contributed by atoms with Gasteiger partial charge in [0.05, 0.1) is 32.1 Å². The lowest BCUT2D eigenvalue weighted by atomic mass is 9.85. The Labute approximate surface area is 334 Å². The second-order valence-corrected chi connectivity index (χ2v) is 16.9. The van der Waals surface area contributed by atoms with Crippen molar-refractivity contribution in [2.24, 2.45) is 10.8 Å². The van der Waals surface area contributed by atoms with E-state index in [1.54, 1.807) is 47.7 Å². The Morgan fingerprint density at radius 2 is 1.23 bits per heavy atom. The molecule has 2 aromatic carbocycles. The number of rotatable bonds is 18. The molecule has 0 unspecified atom stereocenters. The van der Waals surface area contributed by atoms with Gasteiger partial charge in [0, 0.05) is 17.8 Å². The summed E-state index contributed by atoms with van der Waals surface area (Å²) < 4.78 is 32.1. The van der Waals surface area contributed by atoms with Crippen molar-refractivity contribution < 1.29 is 52.3 Å². The predicted molar refractivity (Wildman–Crippen MR) is 212 cm³/mol. The molecule has 57 heavy (non-hydrogen) atoms. The molecule has 0 fully saturated rings. The Bertz CT molecular complexity index is 1800. The van der Waals surface area contributed by atoms with Crippen molar-refractivity contribution in [1.29, 1.82) is 0 Å². The van der Waals surface area contributed by atoms with Gasteiger partial charge in [-0.3, -0.25) is 19.1 Å². The molecule has 0 spiro atoms. The average Bonchev–Trinajstić information content (AvgIpc) is 3.14. The number of hydrogen-bond donors (Lipinski definition) is 6. The fourth-order valence-corrected chi connectivity index (χ4v) is 6.23. The summed E-state index contributed by atoms with van der Waals surface area (Å²) >= 11 is 0. The Morgan fingerprint density at radius 1 is 0.702 bits per heavy atom. The molecule has 3 aromatic rings. The zero-order valence-corrected chi connectivity index (χ0v) is 34.6. The highest BCUT2D eigenvalue weighted by atomic mass is 31.2. The van der Waals surface area contributed by atoms with Crippen molar-refractivity contribution in [2.45, 2.75) is 91.1 Å². The fourth-order valence-electron chi connectivity index (χ4n) is 6.04. The molecular weight excluding hydrogens is 757 g/mol. The number of benzene rings is 2. The number of alkyl carbamates (subject to hydrolysis) is 2. The van der Waals surface area contributed by atoms with Crippen LogP contribution in [-0.2, 0) is 45.7 Å². The minimum Gasteiger partial charge on any atom is -0.453 e. The van der Waals surface area contributed by atoms with Crippen molar-refractivity contribution in [3.63, 3.8) is 0 Å². The third kappa shape index (κ3) is 15.9. The smallest absolute Gasteiger partial charge is 0.453 e. The first-order valence-corrected chi connectivity index (χ1v) is 19.9. The number of methoxy groups -OCH3 is 2. The molecular formula is C40H56N5O11P. The van der Waals surface area contributed by atoms with Crippen LogP contribution in [0.3, 0.4) is 0 Å². The van der Waals surface area contributed by atoms with E-state index in [0.717, 1.165) is 22.4 Å². The van der Waals surface area contributed by atoms with Gasteiger partial charge >= 0.3 is 20.0 Å². The monoisotopic (exact) mass is 813 g/mol. The molecule has 0 saturated heterocycles. The van der Waals surface area contributed by atoms with E-state index in [4.69, 9.17) is 18.7 Å². The number of aromatic nitrogens is 1. The molecule has 1 heterocycles. The number of nitrogens with zero attached hydrogens (tertiary/aromatic N) is 1. The lowest BCUT2D eigenvalue weighted by Crippen LogP contribution is -2.59. The van der Waals surface area contributed by atoms with Crippen LogP contribution < -0.4 is 21.3 Å². The molecule has 5 atom stereocenters. The van der Waals surface area contributed by atoms with Crippen LogP contribution >= 0.6 is 7.82 Å². The van der Waals surface area contributed by atoms with Crippen LogP contribution in [0.5, 0.6) is 0 Å².